The molecule has 0 bridgehead atoms. The Bertz CT molecular complexity index is 439. The molecule has 0 aliphatic carbocycles. The van der Waals surface area contributed by atoms with Gasteiger partial charge in [-0.15, -0.1) is 0 Å². The third-order valence-corrected chi connectivity index (χ3v) is 3.07. The van der Waals surface area contributed by atoms with E-state index in [-0.39, 0.29) is 10.4 Å². The van der Waals surface area contributed by atoms with E-state index in [9.17, 15) is 8.42 Å². The molecule has 0 fully saturated rings. The number of hydrogen-bond donors (Lipinski definition) is 2. The van der Waals surface area contributed by atoms with Crippen LogP contribution in [0, 0.1) is 6.92 Å². The second-order valence-electron chi connectivity index (χ2n) is 3.16. The number of aryl methyl sites for hydroxylation is 1. The molecule has 14 heavy (non-hydrogen) atoms. The molecule has 0 aliphatic rings. The molecular weight excluding hydrogens is 203 g/mol. The number of rotatable bonds is 2. The van der Waals surface area contributed by atoms with E-state index in [1.165, 1.54) is 12.1 Å². The molecule has 0 aromatic heterocycles. The molecule has 0 radical (unpaired) electrons. The van der Waals surface area contributed by atoms with E-state index in [2.05, 4.69) is 0 Å². The van der Waals surface area contributed by atoms with Crippen molar-refractivity contribution in [3.05, 3.63) is 23.8 Å². The zero-order chi connectivity index (χ0) is 10.9. The van der Waals surface area contributed by atoms with Crippen molar-refractivity contribution >= 4 is 22.4 Å². The molecule has 4 nitrogen and oxygen atoms in total. The molecule has 0 aliphatic heterocycles. The van der Waals surface area contributed by atoms with Gasteiger partial charge in [0.1, 0.15) is 0 Å². The maximum Gasteiger partial charge on any atom is 0.488 e. The minimum Gasteiger partial charge on any atom is -0.423 e. The fourth-order valence-electron chi connectivity index (χ4n) is 1.13. The first-order valence-corrected chi connectivity index (χ1v) is 5.88. The Morgan fingerprint density at radius 1 is 1.29 bits per heavy atom. The normalized spacial score (nSPS) is 11.4. The van der Waals surface area contributed by atoms with Crippen LogP contribution in [0.1, 0.15) is 5.56 Å². The number of benzene rings is 1. The second kappa shape index (κ2) is 3.72. The molecular formula is C8H11BO4S. The summed E-state index contributed by atoms with van der Waals surface area (Å²) in [7, 11) is -4.94. The van der Waals surface area contributed by atoms with Crippen molar-refractivity contribution in [3.63, 3.8) is 0 Å². The van der Waals surface area contributed by atoms with E-state index in [0.717, 1.165) is 6.26 Å². The summed E-state index contributed by atoms with van der Waals surface area (Å²) in [6, 6.07) is 4.26. The summed E-state index contributed by atoms with van der Waals surface area (Å²) in [5.74, 6) is 0. The smallest absolute Gasteiger partial charge is 0.423 e. The summed E-state index contributed by atoms with van der Waals surface area (Å²) in [6.45, 7) is 1.68. The molecule has 0 heterocycles. The topological polar surface area (TPSA) is 74.6 Å². The van der Waals surface area contributed by atoms with Gasteiger partial charge in [0.15, 0.2) is 9.84 Å². The van der Waals surface area contributed by atoms with Crippen molar-refractivity contribution in [2.75, 3.05) is 6.26 Å². The van der Waals surface area contributed by atoms with Crippen molar-refractivity contribution in [2.45, 2.75) is 11.8 Å². The van der Waals surface area contributed by atoms with Crippen LogP contribution in [0.5, 0.6) is 0 Å². The van der Waals surface area contributed by atoms with Crippen molar-refractivity contribution < 1.29 is 18.5 Å². The third-order valence-electron chi connectivity index (χ3n) is 1.96. The van der Waals surface area contributed by atoms with Crippen LogP contribution in [0.3, 0.4) is 0 Å². The molecule has 76 valence electrons. The zero-order valence-electron chi connectivity index (χ0n) is 7.93. The quantitative estimate of drug-likeness (QED) is 0.624. The van der Waals surface area contributed by atoms with Crippen LogP contribution in [-0.4, -0.2) is 31.8 Å². The van der Waals surface area contributed by atoms with Gasteiger partial charge in [0.2, 0.25) is 0 Å². The molecule has 1 aromatic rings. The highest BCUT2D eigenvalue weighted by molar-refractivity contribution is 7.90. The Labute approximate surface area is 83.3 Å². The minimum atomic E-state index is -3.30. The summed E-state index contributed by atoms with van der Waals surface area (Å²) in [4.78, 5) is 0.0891. The van der Waals surface area contributed by atoms with Crippen molar-refractivity contribution in [3.8, 4) is 0 Å². The maximum atomic E-state index is 11.2. The summed E-state index contributed by atoms with van der Waals surface area (Å²) in [5, 5.41) is 17.9. The van der Waals surface area contributed by atoms with Crippen LogP contribution >= 0.6 is 0 Å². The average molecular weight is 214 g/mol. The van der Waals surface area contributed by atoms with Gasteiger partial charge in [0.05, 0.1) is 4.90 Å². The summed E-state index contributed by atoms with van der Waals surface area (Å²) >= 11 is 0. The van der Waals surface area contributed by atoms with Gasteiger partial charge in [-0.3, -0.25) is 0 Å². The molecule has 0 atom stereocenters. The molecule has 2 N–H and O–H groups in total. The van der Waals surface area contributed by atoms with Crippen LogP contribution in [0.25, 0.3) is 0 Å². The summed E-state index contributed by atoms with van der Waals surface area (Å²) in [5.41, 5.74) is 0.861. The lowest BCUT2D eigenvalue weighted by atomic mass is 9.77. The van der Waals surface area contributed by atoms with Crippen LogP contribution < -0.4 is 5.46 Å². The molecule has 0 amide bonds. The van der Waals surface area contributed by atoms with E-state index in [4.69, 9.17) is 10.0 Å². The van der Waals surface area contributed by atoms with Crippen molar-refractivity contribution in [1.82, 2.24) is 0 Å². The van der Waals surface area contributed by atoms with E-state index < -0.39 is 17.0 Å². The predicted molar refractivity (Wildman–Crippen MR) is 54.1 cm³/mol. The van der Waals surface area contributed by atoms with E-state index in [0.29, 0.717) is 5.56 Å². The molecule has 6 heteroatoms. The molecule has 0 unspecified atom stereocenters. The van der Waals surface area contributed by atoms with Gasteiger partial charge in [-0.25, -0.2) is 8.42 Å². The highest BCUT2D eigenvalue weighted by Gasteiger charge is 2.17. The first kappa shape index (κ1) is 11.2. The Hall–Kier alpha value is -0.845. The van der Waals surface area contributed by atoms with Gasteiger partial charge in [-0.1, -0.05) is 11.6 Å². The van der Waals surface area contributed by atoms with E-state index >= 15 is 0 Å². The van der Waals surface area contributed by atoms with Crippen LogP contribution in [-0.2, 0) is 9.84 Å². The number of hydrogen-bond acceptors (Lipinski definition) is 4. The molecule has 0 spiro atoms. The molecule has 0 saturated carbocycles. The Balaban J connectivity index is 3.34. The first-order valence-electron chi connectivity index (χ1n) is 3.99. The highest BCUT2D eigenvalue weighted by atomic mass is 32.2. The lowest BCUT2D eigenvalue weighted by molar-refractivity contribution is 0.425. The molecule has 0 saturated heterocycles. The van der Waals surface area contributed by atoms with Gasteiger partial charge in [0, 0.05) is 6.26 Å². The van der Waals surface area contributed by atoms with E-state index in [1.807, 2.05) is 0 Å². The predicted octanol–water partition coefficient (Wildman–Crippen LogP) is -0.922. The highest BCUT2D eigenvalue weighted by Crippen LogP contribution is 2.08. The fraction of sp³-hybridized carbons (Fsp3) is 0.250. The number of sulfone groups is 1. The van der Waals surface area contributed by atoms with Crippen molar-refractivity contribution in [1.29, 1.82) is 0 Å². The average Bonchev–Trinajstić information content (AvgIpc) is 2.02. The van der Waals surface area contributed by atoms with Gasteiger partial charge in [0.25, 0.3) is 0 Å². The maximum absolute atomic E-state index is 11.2. The summed E-state index contributed by atoms with van der Waals surface area (Å²) < 4.78 is 22.3. The SMILES string of the molecule is Cc1ccc(S(C)(=O)=O)cc1B(O)O. The Morgan fingerprint density at radius 3 is 2.29 bits per heavy atom. The van der Waals surface area contributed by atoms with Crippen LogP contribution in [0.15, 0.2) is 23.1 Å². The van der Waals surface area contributed by atoms with Crippen LogP contribution in [0.4, 0.5) is 0 Å². The Kier molecular flexibility index (Phi) is 2.99. The third kappa shape index (κ3) is 2.34. The Morgan fingerprint density at radius 2 is 1.86 bits per heavy atom. The standard InChI is InChI=1S/C8H11BO4S/c1-6-3-4-7(14(2,12)13)5-8(6)9(10)11/h3-5,10-11H,1-2H3. The minimum absolute atomic E-state index is 0.0891. The zero-order valence-corrected chi connectivity index (χ0v) is 8.75. The second-order valence-corrected chi connectivity index (χ2v) is 5.18. The monoisotopic (exact) mass is 214 g/mol. The van der Waals surface area contributed by atoms with Gasteiger partial charge in [-0.2, -0.15) is 0 Å². The first-order chi connectivity index (χ1) is 6.32. The largest absolute Gasteiger partial charge is 0.488 e. The fourth-order valence-corrected chi connectivity index (χ4v) is 1.78. The van der Waals surface area contributed by atoms with Crippen molar-refractivity contribution in [2.24, 2.45) is 0 Å². The van der Waals surface area contributed by atoms with Crippen LogP contribution in [0.2, 0.25) is 0 Å². The van der Waals surface area contributed by atoms with Gasteiger partial charge < -0.3 is 10.0 Å². The van der Waals surface area contributed by atoms with E-state index in [1.54, 1.807) is 13.0 Å². The van der Waals surface area contributed by atoms with Gasteiger partial charge >= 0.3 is 7.12 Å². The molecule has 1 rings (SSSR count). The lowest BCUT2D eigenvalue weighted by Gasteiger charge is -2.06. The lowest BCUT2D eigenvalue weighted by Crippen LogP contribution is -2.32. The molecule has 1 aromatic carbocycles. The summed E-state index contributed by atoms with van der Waals surface area (Å²) in [6.07, 6.45) is 1.07. The van der Waals surface area contributed by atoms with Gasteiger partial charge in [-0.05, 0) is 24.5 Å².